The third-order valence-electron chi connectivity index (χ3n) is 4.65. The van der Waals surface area contributed by atoms with Crippen molar-refractivity contribution in [1.82, 2.24) is 0 Å². The molecule has 0 aliphatic heterocycles. The summed E-state index contributed by atoms with van der Waals surface area (Å²) in [6, 6.07) is 17.6. The van der Waals surface area contributed by atoms with Crippen LogP contribution >= 0.6 is 0 Å². The number of ketones is 2. The molecule has 0 spiro atoms. The van der Waals surface area contributed by atoms with Crippen LogP contribution in [-0.2, 0) is 10.4 Å². The van der Waals surface area contributed by atoms with Gasteiger partial charge in [-0.2, -0.15) is 0 Å². The van der Waals surface area contributed by atoms with Gasteiger partial charge in [-0.3, -0.25) is 9.59 Å². The molecule has 0 saturated heterocycles. The van der Waals surface area contributed by atoms with Crippen molar-refractivity contribution in [2.45, 2.75) is 31.3 Å². The van der Waals surface area contributed by atoms with Gasteiger partial charge in [0.25, 0.3) is 0 Å². The highest BCUT2D eigenvalue weighted by Crippen LogP contribution is 2.39. The molecule has 2 aromatic carbocycles. The molecule has 1 saturated carbocycles. The zero-order chi connectivity index (χ0) is 16.3. The molecular formula is C20H20O3. The quantitative estimate of drug-likeness (QED) is 0.879. The maximum atomic E-state index is 13.1. The Morgan fingerprint density at radius 2 is 1.57 bits per heavy atom. The van der Waals surface area contributed by atoms with Crippen LogP contribution in [0.2, 0.25) is 0 Å². The van der Waals surface area contributed by atoms with E-state index >= 15 is 0 Å². The van der Waals surface area contributed by atoms with Crippen molar-refractivity contribution in [3.8, 4) is 0 Å². The van der Waals surface area contributed by atoms with Gasteiger partial charge >= 0.3 is 0 Å². The first-order valence-electron chi connectivity index (χ1n) is 8.04. The van der Waals surface area contributed by atoms with E-state index < -0.39 is 17.3 Å². The summed E-state index contributed by atoms with van der Waals surface area (Å²) in [4.78, 5) is 25.5. The van der Waals surface area contributed by atoms with Crippen molar-refractivity contribution in [2.75, 3.05) is 0 Å². The van der Waals surface area contributed by atoms with Gasteiger partial charge in [-0.1, -0.05) is 67.1 Å². The molecule has 118 valence electrons. The predicted molar refractivity (Wildman–Crippen MR) is 88.1 cm³/mol. The van der Waals surface area contributed by atoms with E-state index in [4.69, 9.17) is 0 Å². The van der Waals surface area contributed by atoms with Crippen molar-refractivity contribution in [3.63, 3.8) is 0 Å². The lowest BCUT2D eigenvalue weighted by atomic mass is 9.69. The molecule has 0 radical (unpaired) electrons. The predicted octanol–water partition coefficient (Wildman–Crippen LogP) is 3.52. The molecule has 3 rings (SSSR count). The Morgan fingerprint density at radius 3 is 2.17 bits per heavy atom. The number of carbonyl (C=O) groups is 2. The smallest absolute Gasteiger partial charge is 0.199 e. The average molecular weight is 308 g/mol. The number of benzene rings is 2. The largest absolute Gasteiger partial charge is 0.376 e. The summed E-state index contributed by atoms with van der Waals surface area (Å²) < 4.78 is 0. The maximum absolute atomic E-state index is 13.1. The molecule has 0 bridgehead atoms. The van der Waals surface area contributed by atoms with Crippen molar-refractivity contribution in [1.29, 1.82) is 0 Å². The van der Waals surface area contributed by atoms with Gasteiger partial charge in [0.05, 0.1) is 5.92 Å². The molecule has 0 amide bonds. The highest BCUT2D eigenvalue weighted by Gasteiger charge is 2.49. The van der Waals surface area contributed by atoms with Crippen LogP contribution in [0.15, 0.2) is 60.7 Å². The Bertz CT molecular complexity index is 693. The molecule has 2 aromatic rings. The SMILES string of the molecule is O=C1CCCC[C@H]1[C@](O)(C(=O)c1ccccc1)c1ccccc1. The first kappa shape index (κ1) is 15.6. The minimum absolute atomic E-state index is 0.0214. The lowest BCUT2D eigenvalue weighted by molar-refractivity contribution is -0.133. The van der Waals surface area contributed by atoms with Gasteiger partial charge in [-0.15, -0.1) is 0 Å². The summed E-state index contributed by atoms with van der Waals surface area (Å²) >= 11 is 0. The average Bonchev–Trinajstić information content (AvgIpc) is 2.62. The highest BCUT2D eigenvalue weighted by molar-refractivity contribution is 6.06. The van der Waals surface area contributed by atoms with Crippen molar-refractivity contribution in [3.05, 3.63) is 71.8 Å². The summed E-state index contributed by atoms with van der Waals surface area (Å²) in [7, 11) is 0. The molecule has 3 heteroatoms. The zero-order valence-corrected chi connectivity index (χ0v) is 12.9. The highest BCUT2D eigenvalue weighted by atomic mass is 16.3. The van der Waals surface area contributed by atoms with Crippen molar-refractivity contribution in [2.24, 2.45) is 5.92 Å². The Kier molecular flexibility index (Phi) is 4.39. The van der Waals surface area contributed by atoms with Crippen molar-refractivity contribution >= 4 is 11.6 Å². The van der Waals surface area contributed by atoms with E-state index in [1.807, 2.05) is 12.1 Å². The standard InChI is InChI=1S/C20H20O3/c21-18-14-8-7-13-17(18)20(23,16-11-5-2-6-12-16)19(22)15-9-3-1-4-10-15/h1-6,9-12,17,23H,7-8,13-14H2/t17-,20+/m1/s1. The number of aliphatic hydroxyl groups is 1. The summed E-state index contributed by atoms with van der Waals surface area (Å²) in [6.45, 7) is 0. The number of hydrogen-bond donors (Lipinski definition) is 1. The van der Waals surface area contributed by atoms with Crippen LogP contribution in [0.5, 0.6) is 0 Å². The Labute approximate surface area is 136 Å². The molecule has 3 nitrogen and oxygen atoms in total. The van der Waals surface area contributed by atoms with Crippen LogP contribution in [0.4, 0.5) is 0 Å². The number of rotatable bonds is 4. The first-order valence-corrected chi connectivity index (χ1v) is 8.04. The Balaban J connectivity index is 2.10. The minimum Gasteiger partial charge on any atom is -0.376 e. The molecule has 1 fully saturated rings. The molecule has 0 unspecified atom stereocenters. The monoisotopic (exact) mass is 308 g/mol. The van der Waals surface area contributed by atoms with Crippen LogP contribution in [0, 0.1) is 5.92 Å². The number of hydrogen-bond acceptors (Lipinski definition) is 3. The second-order valence-electron chi connectivity index (χ2n) is 6.09. The van der Waals surface area contributed by atoms with Crippen LogP contribution < -0.4 is 0 Å². The molecular weight excluding hydrogens is 288 g/mol. The first-order chi connectivity index (χ1) is 11.1. The number of Topliss-reactive ketones (excluding diaryl/α,β-unsaturated/α-hetero) is 2. The van der Waals surface area contributed by atoms with Crippen LogP contribution in [-0.4, -0.2) is 16.7 Å². The molecule has 0 heterocycles. The second-order valence-corrected chi connectivity index (χ2v) is 6.09. The molecule has 1 aliphatic rings. The second kappa shape index (κ2) is 6.47. The fourth-order valence-corrected chi connectivity index (χ4v) is 3.42. The lowest BCUT2D eigenvalue weighted by Gasteiger charge is -2.36. The molecule has 1 aliphatic carbocycles. The summed E-state index contributed by atoms with van der Waals surface area (Å²) in [6.07, 6.45) is 2.66. The van der Waals surface area contributed by atoms with E-state index in [0.29, 0.717) is 24.0 Å². The van der Waals surface area contributed by atoms with Crippen LogP contribution in [0.1, 0.15) is 41.6 Å². The van der Waals surface area contributed by atoms with E-state index in [2.05, 4.69) is 0 Å². The van der Waals surface area contributed by atoms with Gasteiger partial charge < -0.3 is 5.11 Å². The zero-order valence-electron chi connectivity index (χ0n) is 12.9. The topological polar surface area (TPSA) is 54.4 Å². The van der Waals surface area contributed by atoms with Gasteiger partial charge in [0.1, 0.15) is 5.78 Å². The van der Waals surface area contributed by atoms with Crippen molar-refractivity contribution < 1.29 is 14.7 Å². The van der Waals surface area contributed by atoms with Gasteiger partial charge in [-0.25, -0.2) is 0 Å². The Morgan fingerprint density at radius 1 is 0.957 bits per heavy atom. The van der Waals surface area contributed by atoms with Gasteiger partial charge in [0.2, 0.25) is 0 Å². The molecule has 2 atom stereocenters. The lowest BCUT2D eigenvalue weighted by Crippen LogP contribution is -2.47. The summed E-state index contributed by atoms with van der Waals surface area (Å²) in [5.74, 6) is -1.09. The molecule has 0 aromatic heterocycles. The van der Waals surface area contributed by atoms with Crippen LogP contribution in [0.3, 0.4) is 0 Å². The maximum Gasteiger partial charge on any atom is 0.199 e. The summed E-state index contributed by atoms with van der Waals surface area (Å²) in [5, 5.41) is 11.4. The molecule has 23 heavy (non-hydrogen) atoms. The van der Waals surface area contributed by atoms with E-state index in [0.717, 1.165) is 12.8 Å². The Hall–Kier alpha value is -2.26. The van der Waals surface area contributed by atoms with E-state index in [1.54, 1.807) is 48.5 Å². The van der Waals surface area contributed by atoms with Gasteiger partial charge in [0, 0.05) is 12.0 Å². The third-order valence-corrected chi connectivity index (χ3v) is 4.65. The summed E-state index contributed by atoms with van der Waals surface area (Å²) in [5.41, 5.74) is -0.869. The normalized spacial score (nSPS) is 20.7. The fraction of sp³-hybridized carbons (Fsp3) is 0.300. The van der Waals surface area contributed by atoms with E-state index in [1.165, 1.54) is 0 Å². The number of carbonyl (C=O) groups excluding carboxylic acids is 2. The van der Waals surface area contributed by atoms with E-state index in [9.17, 15) is 14.7 Å². The minimum atomic E-state index is -1.79. The van der Waals surface area contributed by atoms with E-state index in [-0.39, 0.29) is 5.78 Å². The van der Waals surface area contributed by atoms with Crippen LogP contribution in [0.25, 0.3) is 0 Å². The third kappa shape index (κ3) is 2.84. The van der Waals surface area contributed by atoms with Gasteiger partial charge in [0.15, 0.2) is 11.4 Å². The van der Waals surface area contributed by atoms with Gasteiger partial charge in [-0.05, 0) is 18.4 Å². The fourth-order valence-electron chi connectivity index (χ4n) is 3.42. The molecule has 1 N–H and O–H groups in total.